The van der Waals surface area contributed by atoms with Crippen molar-refractivity contribution in [3.8, 4) is 0 Å². The monoisotopic (exact) mass is 122 g/mol. The van der Waals surface area contributed by atoms with Crippen LogP contribution in [0, 0.1) is 5.41 Å². The van der Waals surface area contributed by atoms with Crippen molar-refractivity contribution in [2.75, 3.05) is 0 Å². The van der Waals surface area contributed by atoms with E-state index in [0.29, 0.717) is 5.41 Å². The lowest BCUT2D eigenvalue weighted by Crippen LogP contribution is -1.85. The van der Waals surface area contributed by atoms with E-state index in [0.717, 1.165) is 0 Å². The van der Waals surface area contributed by atoms with E-state index >= 15 is 0 Å². The average molecular weight is 122 g/mol. The van der Waals surface area contributed by atoms with Crippen molar-refractivity contribution >= 4 is 0 Å². The van der Waals surface area contributed by atoms with Gasteiger partial charge in [0.15, 0.2) is 0 Å². The highest BCUT2D eigenvalue weighted by molar-refractivity contribution is 5.20. The third-order valence-corrected chi connectivity index (χ3v) is 1.94. The summed E-state index contributed by atoms with van der Waals surface area (Å²) in [6.07, 6.45) is 6.96. The van der Waals surface area contributed by atoms with E-state index < -0.39 is 0 Å². The smallest absolute Gasteiger partial charge is 0.0140 e. The SMILES string of the molecule is C=CC(C)=CC1(C)CC1. The molecule has 0 N–H and O–H groups in total. The summed E-state index contributed by atoms with van der Waals surface area (Å²) in [4.78, 5) is 0. The highest BCUT2D eigenvalue weighted by atomic mass is 14.4. The van der Waals surface area contributed by atoms with Crippen LogP contribution in [-0.2, 0) is 0 Å². The summed E-state index contributed by atoms with van der Waals surface area (Å²) in [6.45, 7) is 8.10. The Balaban J connectivity index is 2.56. The Hall–Kier alpha value is -0.520. The molecule has 0 spiro atoms. The van der Waals surface area contributed by atoms with Crippen LogP contribution in [0.2, 0.25) is 0 Å². The fourth-order valence-electron chi connectivity index (χ4n) is 0.950. The lowest BCUT2D eigenvalue weighted by molar-refractivity contribution is 0.742. The molecule has 1 fully saturated rings. The Morgan fingerprint density at radius 3 is 2.44 bits per heavy atom. The van der Waals surface area contributed by atoms with Crippen molar-refractivity contribution in [1.82, 2.24) is 0 Å². The van der Waals surface area contributed by atoms with Crippen LogP contribution in [0.25, 0.3) is 0 Å². The molecule has 0 radical (unpaired) electrons. The van der Waals surface area contributed by atoms with Gasteiger partial charge in [-0.1, -0.05) is 31.2 Å². The van der Waals surface area contributed by atoms with Crippen LogP contribution in [0.1, 0.15) is 26.7 Å². The summed E-state index contributed by atoms with van der Waals surface area (Å²) in [5.41, 5.74) is 1.85. The van der Waals surface area contributed by atoms with Crippen molar-refractivity contribution in [2.45, 2.75) is 26.7 Å². The number of allylic oxidation sites excluding steroid dienone is 3. The first-order chi connectivity index (χ1) is 4.16. The van der Waals surface area contributed by atoms with Crippen molar-refractivity contribution in [2.24, 2.45) is 5.41 Å². The maximum Gasteiger partial charge on any atom is -0.0140 e. The first-order valence-corrected chi connectivity index (χ1v) is 3.48. The minimum Gasteiger partial charge on any atom is -0.0988 e. The quantitative estimate of drug-likeness (QED) is 0.494. The maximum atomic E-state index is 3.70. The standard InChI is InChI=1S/C9H14/c1-4-8(2)7-9(3)5-6-9/h4,7H,1,5-6H2,2-3H3. The van der Waals surface area contributed by atoms with E-state index in [1.54, 1.807) is 0 Å². The highest BCUT2D eigenvalue weighted by Crippen LogP contribution is 2.46. The molecule has 9 heavy (non-hydrogen) atoms. The molecule has 1 saturated carbocycles. The van der Waals surface area contributed by atoms with Crippen LogP contribution < -0.4 is 0 Å². The van der Waals surface area contributed by atoms with Crippen LogP contribution >= 0.6 is 0 Å². The van der Waals surface area contributed by atoms with Gasteiger partial charge >= 0.3 is 0 Å². The normalized spacial score (nSPS) is 23.6. The van der Waals surface area contributed by atoms with Crippen LogP contribution in [-0.4, -0.2) is 0 Å². The van der Waals surface area contributed by atoms with Gasteiger partial charge in [0.25, 0.3) is 0 Å². The van der Waals surface area contributed by atoms with Gasteiger partial charge in [-0.15, -0.1) is 0 Å². The third-order valence-electron chi connectivity index (χ3n) is 1.94. The third kappa shape index (κ3) is 1.70. The molecule has 0 atom stereocenters. The predicted octanol–water partition coefficient (Wildman–Crippen LogP) is 2.92. The Bertz CT molecular complexity index is 147. The lowest BCUT2D eigenvalue weighted by atomic mass is 10.1. The van der Waals surface area contributed by atoms with Crippen LogP contribution in [0.15, 0.2) is 24.3 Å². The summed E-state index contributed by atoms with van der Waals surface area (Å²) in [7, 11) is 0. The number of hydrogen-bond donors (Lipinski definition) is 0. The maximum absolute atomic E-state index is 3.70. The van der Waals surface area contributed by atoms with Crippen molar-refractivity contribution in [3.05, 3.63) is 24.3 Å². The molecule has 1 aliphatic rings. The minimum atomic E-state index is 0.540. The van der Waals surface area contributed by atoms with E-state index in [2.05, 4.69) is 26.5 Å². The Labute approximate surface area is 57.3 Å². The molecular weight excluding hydrogens is 108 g/mol. The van der Waals surface area contributed by atoms with E-state index in [1.807, 2.05) is 6.08 Å². The summed E-state index contributed by atoms with van der Waals surface area (Å²) in [5, 5.41) is 0. The second kappa shape index (κ2) is 2.02. The molecule has 0 aromatic carbocycles. The Morgan fingerprint density at radius 1 is 1.56 bits per heavy atom. The molecule has 1 rings (SSSR count). The Kier molecular flexibility index (Phi) is 1.48. The van der Waals surface area contributed by atoms with Gasteiger partial charge in [0.1, 0.15) is 0 Å². The van der Waals surface area contributed by atoms with Gasteiger partial charge in [0.05, 0.1) is 0 Å². The zero-order valence-electron chi connectivity index (χ0n) is 6.28. The first kappa shape index (κ1) is 6.60. The van der Waals surface area contributed by atoms with Gasteiger partial charge in [-0.25, -0.2) is 0 Å². The number of hydrogen-bond acceptors (Lipinski definition) is 0. The van der Waals surface area contributed by atoms with Crippen LogP contribution in [0.4, 0.5) is 0 Å². The molecule has 0 aromatic rings. The molecule has 1 aliphatic carbocycles. The van der Waals surface area contributed by atoms with Gasteiger partial charge in [-0.3, -0.25) is 0 Å². The molecule has 0 saturated heterocycles. The molecular formula is C9H14. The van der Waals surface area contributed by atoms with Gasteiger partial charge in [0.2, 0.25) is 0 Å². The van der Waals surface area contributed by atoms with Crippen molar-refractivity contribution in [3.63, 3.8) is 0 Å². The van der Waals surface area contributed by atoms with Crippen LogP contribution in [0.5, 0.6) is 0 Å². The first-order valence-electron chi connectivity index (χ1n) is 3.48. The van der Waals surface area contributed by atoms with Gasteiger partial charge < -0.3 is 0 Å². The largest absolute Gasteiger partial charge is 0.0988 e. The molecule has 0 heterocycles. The van der Waals surface area contributed by atoms with E-state index in [4.69, 9.17) is 0 Å². The van der Waals surface area contributed by atoms with E-state index in [9.17, 15) is 0 Å². The lowest BCUT2D eigenvalue weighted by Gasteiger charge is -1.98. The second-order valence-electron chi connectivity index (χ2n) is 3.25. The highest BCUT2D eigenvalue weighted by Gasteiger charge is 2.34. The van der Waals surface area contributed by atoms with Gasteiger partial charge in [-0.05, 0) is 25.2 Å². The predicted molar refractivity (Wildman–Crippen MR) is 41.3 cm³/mol. The molecule has 0 amide bonds. The minimum absolute atomic E-state index is 0.540. The molecule has 0 bridgehead atoms. The summed E-state index contributed by atoms with van der Waals surface area (Å²) < 4.78 is 0. The van der Waals surface area contributed by atoms with Crippen molar-refractivity contribution in [1.29, 1.82) is 0 Å². The molecule has 0 heteroatoms. The molecule has 0 unspecified atom stereocenters. The van der Waals surface area contributed by atoms with E-state index in [-0.39, 0.29) is 0 Å². The average Bonchev–Trinajstić information content (AvgIpc) is 2.48. The van der Waals surface area contributed by atoms with Crippen LogP contribution in [0.3, 0.4) is 0 Å². The van der Waals surface area contributed by atoms with E-state index in [1.165, 1.54) is 18.4 Å². The molecule has 0 aliphatic heterocycles. The number of rotatable bonds is 2. The fraction of sp³-hybridized carbons (Fsp3) is 0.556. The second-order valence-corrected chi connectivity index (χ2v) is 3.25. The summed E-state index contributed by atoms with van der Waals surface area (Å²) in [6, 6.07) is 0. The summed E-state index contributed by atoms with van der Waals surface area (Å²) in [5.74, 6) is 0. The zero-order chi connectivity index (χ0) is 6.91. The van der Waals surface area contributed by atoms with Gasteiger partial charge in [-0.2, -0.15) is 0 Å². The fourth-order valence-corrected chi connectivity index (χ4v) is 0.950. The Morgan fingerprint density at radius 2 is 2.11 bits per heavy atom. The summed E-state index contributed by atoms with van der Waals surface area (Å²) >= 11 is 0. The zero-order valence-corrected chi connectivity index (χ0v) is 6.28. The van der Waals surface area contributed by atoms with Gasteiger partial charge in [0, 0.05) is 0 Å². The van der Waals surface area contributed by atoms with Crippen molar-refractivity contribution < 1.29 is 0 Å². The molecule has 50 valence electrons. The molecule has 0 nitrogen and oxygen atoms in total. The molecule has 0 aromatic heterocycles. The topological polar surface area (TPSA) is 0 Å².